The number of ether oxygens (including phenoxy) is 10. The van der Waals surface area contributed by atoms with Gasteiger partial charge in [0.1, 0.15) is 0 Å². The fourth-order valence-corrected chi connectivity index (χ4v) is 4.54. The van der Waals surface area contributed by atoms with Gasteiger partial charge in [-0.2, -0.15) is 0 Å². The van der Waals surface area contributed by atoms with E-state index in [0.717, 1.165) is 144 Å². The zero-order valence-corrected chi connectivity index (χ0v) is 54.0. The summed E-state index contributed by atoms with van der Waals surface area (Å²) < 4.78 is 48.5. The Kier molecular flexibility index (Phi) is 98.1. The molecule has 0 aliphatic carbocycles. The van der Waals surface area contributed by atoms with E-state index in [0.29, 0.717) is 12.2 Å². The summed E-state index contributed by atoms with van der Waals surface area (Å²) in [4.78, 5) is 97.2. The van der Waals surface area contributed by atoms with Gasteiger partial charge in [-0.05, 0) is 17.7 Å². The highest BCUT2D eigenvalue weighted by molar-refractivity contribution is 6.31. The Morgan fingerprint density at radius 2 is 0.611 bits per heavy atom. The van der Waals surface area contributed by atoms with Crippen LogP contribution < -0.4 is 52.1 Å². The number of aliphatic carboxylic acids is 9. The van der Waals surface area contributed by atoms with E-state index in [1.807, 2.05) is 6.07 Å². The number of carbonyl (C=O) groups excluding carboxylic acids is 6. The summed E-state index contributed by atoms with van der Waals surface area (Å²) in [5, 5.41) is 100. The number of benzene rings is 1. The molecule has 0 radical (unpaired) electrons. The van der Waals surface area contributed by atoms with Crippen LogP contribution in [0.1, 0.15) is 38.2 Å². The Bertz CT molecular complexity index is 1690. The van der Waals surface area contributed by atoms with Crippen molar-refractivity contribution < 1.29 is 173 Å². The van der Waals surface area contributed by atoms with E-state index < -0.39 is 77.9 Å². The van der Waals surface area contributed by atoms with Crippen molar-refractivity contribution in [2.75, 3.05) is 203 Å². The molecule has 0 aliphatic rings. The van der Waals surface area contributed by atoms with Crippen molar-refractivity contribution in [1.29, 1.82) is 0 Å². The van der Waals surface area contributed by atoms with Gasteiger partial charge in [-0.3, -0.25) is 14.4 Å². The molecule has 0 spiro atoms. The molecule has 0 amide bonds. The van der Waals surface area contributed by atoms with Gasteiger partial charge in [0.25, 0.3) is 0 Å². The maximum Gasteiger partial charge on any atom is 0.371 e. The first-order chi connectivity index (χ1) is 42.5. The molecule has 90 heavy (non-hydrogen) atoms. The van der Waals surface area contributed by atoms with Crippen LogP contribution in [0.2, 0.25) is 0 Å². The summed E-state index contributed by atoms with van der Waals surface area (Å²) in [5.74, 6) is -14.1. The smallest absolute Gasteiger partial charge is 0.371 e. The van der Waals surface area contributed by atoms with Crippen molar-refractivity contribution in [3.05, 3.63) is 48.0 Å². The van der Waals surface area contributed by atoms with E-state index in [-0.39, 0.29) is 19.3 Å². The number of Topliss-reactive ketones (excluding diaryl/α,β-unsaturated/α-hetero) is 1. The molecule has 0 fully saturated rings. The van der Waals surface area contributed by atoms with Gasteiger partial charge in [0, 0.05) is 115 Å². The van der Waals surface area contributed by atoms with Crippen LogP contribution in [-0.2, 0) is 102 Å². The Morgan fingerprint density at radius 1 is 0.400 bits per heavy atom. The molecule has 0 bridgehead atoms. The third-order valence-electron chi connectivity index (χ3n) is 8.93. The largest absolute Gasteiger partial charge is 0.550 e. The molecule has 0 saturated carbocycles. The minimum atomic E-state index is -2.86. The lowest BCUT2D eigenvalue weighted by atomic mass is 9.96. The summed E-state index contributed by atoms with van der Waals surface area (Å²) in [6, 6.07) is 8.97. The Hall–Kier alpha value is -6.78. The molecule has 1 aromatic rings. The number of rotatable bonds is 43. The molecule has 1 aromatic carbocycles. The van der Waals surface area contributed by atoms with Crippen molar-refractivity contribution >= 4 is 59.5 Å². The molecule has 35 nitrogen and oxygen atoms in total. The standard InChI is InChI=1S/C8H8O2.5C6H15NO2.C6H8O7.C4H6O4.C4H4O4.C3H4O3/c9-8(10)6-7-4-2-1-3-5-7;5*1-8-5-3-7-4-6-9-2;7-3(8)1-6(13,5(11)12)2-4(9)10;2*5-3(6)1-2-4(7)8;1-2(4)3(5)6/h1-5H,6H2,(H,9,10);5*7H,3-6H2,1-2H3;13H,1-2H2,(H,7,8)(H,9,10)(H,11,12);1-2H2,(H,5,6)(H,7,8);1-2H,(H,5,6)(H,7,8);1H3,(H,5,6)/b;;;;;;;;2-1+;. The molecule has 15 N–H and O–H groups in total. The van der Waals surface area contributed by atoms with Gasteiger partial charge in [0.05, 0.1) is 156 Å². The third kappa shape index (κ3) is 123. The lowest BCUT2D eigenvalue weighted by Crippen LogP contribution is -2.86. The summed E-state index contributed by atoms with van der Waals surface area (Å²) in [6.07, 6.45) is -2.41. The summed E-state index contributed by atoms with van der Waals surface area (Å²) in [6.45, 7) is 19.5. The highest BCUT2D eigenvalue weighted by atomic mass is 16.5. The van der Waals surface area contributed by atoms with Crippen LogP contribution in [-0.4, -0.2) is 293 Å². The van der Waals surface area contributed by atoms with Gasteiger partial charge in [-0.1, -0.05) is 30.3 Å². The first kappa shape index (κ1) is 102. The number of carbonyl (C=O) groups is 10. The number of carboxylic acid groups (broad SMARTS) is 9. The van der Waals surface area contributed by atoms with Gasteiger partial charge in [0.15, 0.2) is 5.60 Å². The Labute approximate surface area is 526 Å². The monoisotopic (exact) mass is 1320 g/mol. The second-order valence-electron chi connectivity index (χ2n) is 16.8. The number of methoxy groups -OCH3 is 10. The molecule has 0 aliphatic heterocycles. The lowest BCUT2D eigenvalue weighted by molar-refractivity contribution is -0.657. The van der Waals surface area contributed by atoms with Gasteiger partial charge in [0.2, 0.25) is 5.78 Å². The zero-order valence-electron chi connectivity index (χ0n) is 54.0. The van der Waals surface area contributed by atoms with Gasteiger partial charge >= 0.3 is 23.9 Å². The van der Waals surface area contributed by atoms with Crippen molar-refractivity contribution in [3.8, 4) is 0 Å². The third-order valence-corrected chi connectivity index (χ3v) is 8.93. The number of nitrogens with two attached hydrogens (primary N) is 5. The summed E-state index contributed by atoms with van der Waals surface area (Å²) in [5.41, 5.74) is -2.08. The van der Waals surface area contributed by atoms with E-state index in [9.17, 15) is 73.5 Å². The van der Waals surface area contributed by atoms with Crippen LogP contribution in [0.3, 0.4) is 0 Å². The van der Waals surface area contributed by atoms with Crippen molar-refractivity contribution in [2.45, 2.75) is 44.6 Å². The van der Waals surface area contributed by atoms with Crippen LogP contribution >= 0.6 is 0 Å². The van der Waals surface area contributed by atoms with Crippen molar-refractivity contribution in [1.82, 2.24) is 0 Å². The van der Waals surface area contributed by atoms with E-state index in [1.165, 1.54) is 0 Å². The molecule has 0 atom stereocenters. The molecular weight excluding hydrogens is 1210 g/mol. The summed E-state index contributed by atoms with van der Waals surface area (Å²) >= 11 is 0. The second-order valence-corrected chi connectivity index (χ2v) is 16.8. The minimum absolute atomic E-state index is 0.000833. The number of aliphatic hydroxyl groups is 1. The SMILES string of the molecule is CC(=O)C(=O)O.COCC[NH2+]CCOC.COCC[NH2+]CCOC.COCC[NH2+]CCOC.COCC[NH2+]CCOC.COCC[NH2+]CCOC.O=C(O)CCC(=O)O.O=C([O-])/C=C/C(=O)[O-].O=C([O-])CC(O)(CC(=O)[O-])C(=O)O.O=C([O-])Cc1ccccc1. The second kappa shape index (κ2) is 86.4. The van der Waals surface area contributed by atoms with Crippen LogP contribution in [0.5, 0.6) is 0 Å². The van der Waals surface area contributed by atoms with Crippen LogP contribution in [0.4, 0.5) is 0 Å². The number of quaternary nitrogens is 5. The average molecular weight is 1320 g/mol. The van der Waals surface area contributed by atoms with Crippen molar-refractivity contribution in [3.63, 3.8) is 0 Å². The first-order valence-electron chi connectivity index (χ1n) is 27.4. The Morgan fingerprint density at radius 3 is 0.744 bits per heavy atom. The molecular formula is C55H105N5O30. The maximum absolute atomic E-state index is 10.3. The van der Waals surface area contributed by atoms with E-state index in [4.69, 9.17) is 72.9 Å². The van der Waals surface area contributed by atoms with Crippen LogP contribution in [0.25, 0.3) is 0 Å². The normalized spacial score (nSPS) is 9.69. The average Bonchev–Trinajstić information content (AvgIpc) is 3.61. The van der Waals surface area contributed by atoms with Gasteiger partial charge in [-0.15, -0.1) is 0 Å². The highest BCUT2D eigenvalue weighted by Gasteiger charge is 2.36. The molecule has 0 heterocycles. The van der Waals surface area contributed by atoms with Crippen molar-refractivity contribution in [2.24, 2.45) is 0 Å². The first-order valence-corrected chi connectivity index (χ1v) is 27.4. The fraction of sp³-hybridized carbons (Fsp3) is 0.673. The number of hydrogen-bond donors (Lipinski definition) is 10. The molecule has 0 aromatic heterocycles. The Balaban J connectivity index is -0.000000116. The molecule has 0 saturated heterocycles. The maximum atomic E-state index is 10.3. The minimum Gasteiger partial charge on any atom is -0.550 e. The van der Waals surface area contributed by atoms with Crippen LogP contribution in [0, 0.1) is 0 Å². The summed E-state index contributed by atoms with van der Waals surface area (Å²) in [7, 11) is 17.1. The molecule has 0 unspecified atom stereocenters. The fourth-order valence-electron chi connectivity index (χ4n) is 4.54. The molecule has 530 valence electrons. The molecule has 1 rings (SSSR count). The van der Waals surface area contributed by atoms with E-state index >= 15 is 0 Å². The lowest BCUT2D eigenvalue weighted by Gasteiger charge is -2.23. The number of hydrogen-bond acceptors (Lipinski definition) is 26. The van der Waals surface area contributed by atoms with Crippen LogP contribution in [0.15, 0.2) is 42.5 Å². The predicted octanol–water partition coefficient (Wildman–Crippen LogP) is -13.1. The zero-order chi connectivity index (χ0) is 71.1. The number of carboxylic acids is 9. The predicted molar refractivity (Wildman–Crippen MR) is 306 cm³/mol. The quantitative estimate of drug-likeness (QED) is 0.0165. The van der Waals surface area contributed by atoms with E-state index in [2.05, 4.69) is 26.6 Å². The highest BCUT2D eigenvalue weighted by Crippen LogP contribution is 2.14. The van der Waals surface area contributed by atoms with Gasteiger partial charge < -0.3 is 149 Å². The topological polar surface area (TPSA) is 562 Å². The van der Waals surface area contributed by atoms with E-state index in [1.54, 1.807) is 95.4 Å². The number of ketones is 1. The molecule has 35 heteroatoms. The van der Waals surface area contributed by atoms with Gasteiger partial charge in [-0.25, -0.2) is 9.59 Å².